The molecule has 4 aromatic rings. The number of ether oxygens (including phenoxy) is 2. The van der Waals surface area contributed by atoms with E-state index in [1.54, 1.807) is 12.1 Å². The second kappa shape index (κ2) is 10.2. The van der Waals surface area contributed by atoms with Gasteiger partial charge in [0.1, 0.15) is 18.1 Å². The standard InChI is InChI=1S/C31H34F3N3O2/c1-29(2)16-22(17-30(3,4)37-29)36-27-18-35-26-14-21(10-12-25(26)27)24-13-11-23(15-28(24)39-31(32,33)34)38-19-20-8-6-5-7-9-20/h5-15,18,22,35-37H,16-17,19H2,1-4H3. The number of benzene rings is 3. The van der Waals surface area contributed by atoms with Crippen LogP contribution in [0.15, 0.2) is 72.9 Å². The van der Waals surface area contributed by atoms with E-state index in [9.17, 15) is 13.2 Å². The third-order valence-corrected chi connectivity index (χ3v) is 6.97. The molecule has 5 rings (SSSR count). The molecule has 0 aliphatic carbocycles. The Kier molecular flexibility index (Phi) is 7.01. The van der Waals surface area contributed by atoms with Crippen LogP contribution in [0.2, 0.25) is 0 Å². The van der Waals surface area contributed by atoms with Crippen molar-refractivity contribution in [1.29, 1.82) is 0 Å². The molecule has 3 N–H and O–H groups in total. The lowest BCUT2D eigenvalue weighted by atomic mass is 9.79. The summed E-state index contributed by atoms with van der Waals surface area (Å²) < 4.78 is 50.2. The van der Waals surface area contributed by atoms with Crippen LogP contribution < -0.4 is 20.1 Å². The highest BCUT2D eigenvalue weighted by Gasteiger charge is 2.38. The van der Waals surface area contributed by atoms with Crippen molar-refractivity contribution in [3.8, 4) is 22.6 Å². The second-order valence-electron chi connectivity index (χ2n) is 11.6. The van der Waals surface area contributed by atoms with Gasteiger partial charge >= 0.3 is 6.36 Å². The van der Waals surface area contributed by atoms with Crippen molar-refractivity contribution in [2.75, 3.05) is 5.32 Å². The number of aromatic nitrogens is 1. The first-order valence-electron chi connectivity index (χ1n) is 13.1. The Balaban J connectivity index is 1.40. The molecule has 1 aliphatic heterocycles. The fourth-order valence-electron chi connectivity index (χ4n) is 5.84. The van der Waals surface area contributed by atoms with Crippen molar-refractivity contribution >= 4 is 16.6 Å². The third kappa shape index (κ3) is 6.68. The van der Waals surface area contributed by atoms with Crippen molar-refractivity contribution in [1.82, 2.24) is 10.3 Å². The first-order chi connectivity index (χ1) is 18.4. The van der Waals surface area contributed by atoms with Crippen molar-refractivity contribution in [3.05, 3.63) is 78.5 Å². The van der Waals surface area contributed by atoms with E-state index < -0.39 is 6.36 Å². The fraction of sp³-hybridized carbons (Fsp3) is 0.355. The average molecular weight is 538 g/mol. The van der Waals surface area contributed by atoms with Crippen LogP contribution in [0.1, 0.15) is 46.1 Å². The lowest BCUT2D eigenvalue weighted by molar-refractivity contribution is -0.274. The van der Waals surface area contributed by atoms with Gasteiger partial charge in [0, 0.05) is 45.8 Å². The minimum Gasteiger partial charge on any atom is -0.489 e. The van der Waals surface area contributed by atoms with Crippen molar-refractivity contribution in [2.24, 2.45) is 0 Å². The summed E-state index contributed by atoms with van der Waals surface area (Å²) in [6, 6.07) is 19.9. The molecule has 0 bridgehead atoms. The molecule has 1 aliphatic rings. The van der Waals surface area contributed by atoms with E-state index in [1.165, 1.54) is 6.07 Å². The largest absolute Gasteiger partial charge is 0.573 e. The Morgan fingerprint density at radius 2 is 1.64 bits per heavy atom. The van der Waals surface area contributed by atoms with Crippen LogP contribution >= 0.6 is 0 Å². The molecule has 8 heteroatoms. The summed E-state index contributed by atoms with van der Waals surface area (Å²) in [5.74, 6) is -0.0152. The smallest absolute Gasteiger partial charge is 0.489 e. The Labute approximate surface area is 226 Å². The minimum absolute atomic E-state index is 0.00452. The molecule has 1 saturated heterocycles. The maximum absolute atomic E-state index is 13.3. The van der Waals surface area contributed by atoms with Gasteiger partial charge in [0.05, 0.1) is 5.69 Å². The molecule has 0 spiro atoms. The average Bonchev–Trinajstić information content (AvgIpc) is 3.22. The Morgan fingerprint density at radius 1 is 0.923 bits per heavy atom. The Morgan fingerprint density at radius 3 is 2.33 bits per heavy atom. The lowest BCUT2D eigenvalue weighted by Gasteiger charge is -2.46. The summed E-state index contributed by atoms with van der Waals surface area (Å²) in [6.07, 6.45) is -0.975. The molecule has 2 heterocycles. The van der Waals surface area contributed by atoms with Crippen LogP contribution in [-0.2, 0) is 6.61 Å². The van der Waals surface area contributed by atoms with Crippen molar-refractivity contribution < 1.29 is 22.6 Å². The van der Waals surface area contributed by atoms with E-state index in [0.29, 0.717) is 16.9 Å². The molecule has 0 atom stereocenters. The first-order valence-corrected chi connectivity index (χ1v) is 13.1. The van der Waals surface area contributed by atoms with Crippen LogP contribution in [0.25, 0.3) is 22.0 Å². The van der Waals surface area contributed by atoms with Gasteiger partial charge < -0.3 is 25.1 Å². The van der Waals surface area contributed by atoms with E-state index in [4.69, 9.17) is 4.74 Å². The van der Waals surface area contributed by atoms with E-state index in [0.717, 1.165) is 35.0 Å². The summed E-state index contributed by atoms with van der Waals surface area (Å²) in [4.78, 5) is 3.28. The Bertz CT molecular complexity index is 1430. The van der Waals surface area contributed by atoms with Gasteiger partial charge in [-0.3, -0.25) is 0 Å². The quantitative estimate of drug-likeness (QED) is 0.223. The molecule has 0 unspecified atom stereocenters. The number of hydrogen-bond acceptors (Lipinski definition) is 4. The van der Waals surface area contributed by atoms with Crippen LogP contribution in [0.4, 0.5) is 18.9 Å². The first kappa shape index (κ1) is 26.9. The molecule has 5 nitrogen and oxygen atoms in total. The van der Waals surface area contributed by atoms with E-state index >= 15 is 0 Å². The topological polar surface area (TPSA) is 58.3 Å². The molecule has 1 aromatic heterocycles. The van der Waals surface area contributed by atoms with Crippen molar-refractivity contribution in [3.63, 3.8) is 0 Å². The molecule has 0 radical (unpaired) electrons. The van der Waals surface area contributed by atoms with Gasteiger partial charge in [-0.2, -0.15) is 0 Å². The van der Waals surface area contributed by atoms with Gasteiger partial charge in [0.15, 0.2) is 0 Å². The Hall–Kier alpha value is -3.65. The molecule has 1 fully saturated rings. The molecule has 3 aromatic carbocycles. The number of rotatable bonds is 7. The number of anilines is 1. The lowest BCUT2D eigenvalue weighted by Crippen LogP contribution is -2.60. The van der Waals surface area contributed by atoms with Crippen LogP contribution in [0.5, 0.6) is 11.5 Å². The maximum Gasteiger partial charge on any atom is 0.573 e. The monoisotopic (exact) mass is 537 g/mol. The highest BCUT2D eigenvalue weighted by molar-refractivity contribution is 5.95. The zero-order valence-corrected chi connectivity index (χ0v) is 22.6. The number of halogens is 3. The van der Waals surface area contributed by atoms with Crippen LogP contribution in [0, 0.1) is 0 Å². The van der Waals surface area contributed by atoms with Crippen molar-refractivity contribution in [2.45, 2.75) is 70.6 Å². The predicted molar refractivity (Wildman–Crippen MR) is 149 cm³/mol. The second-order valence-corrected chi connectivity index (χ2v) is 11.6. The zero-order valence-electron chi connectivity index (χ0n) is 22.6. The number of fused-ring (bicyclic) bond motifs is 1. The highest BCUT2D eigenvalue weighted by Crippen LogP contribution is 2.39. The normalized spacial score (nSPS) is 17.2. The van der Waals surface area contributed by atoms with Gasteiger partial charge in [0.25, 0.3) is 0 Å². The third-order valence-electron chi connectivity index (χ3n) is 6.97. The molecule has 206 valence electrons. The van der Waals surface area contributed by atoms with E-state index in [2.05, 4.69) is 48.0 Å². The zero-order chi connectivity index (χ0) is 27.8. The van der Waals surface area contributed by atoms with E-state index in [1.807, 2.05) is 54.7 Å². The van der Waals surface area contributed by atoms with Gasteiger partial charge in [-0.05, 0) is 69.9 Å². The summed E-state index contributed by atoms with van der Waals surface area (Å²) in [7, 11) is 0. The summed E-state index contributed by atoms with van der Waals surface area (Å²) in [6.45, 7) is 9.08. The van der Waals surface area contributed by atoms with Gasteiger partial charge in [-0.15, -0.1) is 13.2 Å². The van der Waals surface area contributed by atoms with E-state index in [-0.39, 0.29) is 29.5 Å². The number of nitrogens with one attached hydrogen (secondary N) is 3. The highest BCUT2D eigenvalue weighted by atomic mass is 19.4. The maximum atomic E-state index is 13.3. The van der Waals surface area contributed by atoms with Gasteiger partial charge in [-0.1, -0.05) is 42.5 Å². The molecular formula is C31H34F3N3O2. The van der Waals surface area contributed by atoms with Crippen LogP contribution in [0.3, 0.4) is 0 Å². The number of piperidine rings is 1. The predicted octanol–water partition coefficient (Wildman–Crippen LogP) is 8.03. The SMILES string of the molecule is CC1(C)CC(Nc2c[nH]c3cc(-c4ccc(OCc5ccccc5)cc4OC(F)(F)F)ccc23)CC(C)(C)N1. The molecule has 0 saturated carbocycles. The van der Waals surface area contributed by atoms with Gasteiger partial charge in [0.2, 0.25) is 0 Å². The van der Waals surface area contributed by atoms with Gasteiger partial charge in [-0.25, -0.2) is 0 Å². The fourth-order valence-corrected chi connectivity index (χ4v) is 5.84. The summed E-state index contributed by atoms with van der Waals surface area (Å²) in [5, 5.41) is 8.37. The molecular weight excluding hydrogens is 503 g/mol. The van der Waals surface area contributed by atoms with Crippen LogP contribution in [-0.4, -0.2) is 28.5 Å². The summed E-state index contributed by atoms with van der Waals surface area (Å²) >= 11 is 0. The minimum atomic E-state index is -4.84. The summed E-state index contributed by atoms with van der Waals surface area (Å²) in [5.41, 5.74) is 3.66. The molecule has 39 heavy (non-hydrogen) atoms. The number of hydrogen-bond donors (Lipinski definition) is 3. The number of aromatic amines is 1. The molecule has 0 amide bonds. The number of H-pyrrole nitrogens is 1. The number of alkyl halides is 3.